The highest BCUT2D eigenvalue weighted by atomic mass is 32.2. The van der Waals surface area contributed by atoms with Crippen molar-refractivity contribution in [3.05, 3.63) is 106 Å². The minimum Gasteiger partial charge on any atom is -0.491 e. The molecule has 3 aliphatic carbocycles. The Morgan fingerprint density at radius 2 is 1.76 bits per heavy atom. The quantitative estimate of drug-likeness (QED) is 0.0845. The molecular weight excluding hydrogens is 877 g/mol. The van der Waals surface area contributed by atoms with Gasteiger partial charge in [0.15, 0.2) is 0 Å². The van der Waals surface area contributed by atoms with Crippen molar-refractivity contribution in [2.24, 2.45) is 11.3 Å². The standard InChI is InChI=1S/C50H56N6O8S2/c1-49(58)15-12-32(13-16-49)45-30-63-44-26-37(25-42(56(59)60)46(44)65-45)66(61,62)53-48(57)40-11-10-34(24-43(40)64-36-23-33-14-19-51-47(33)52-29-36)54-21-17-50(18-22-54)27-35(28-50)55-20-4-7-41(55)39-6-3-2-5-38(39)31-8-9-31/h2-3,5-6,10-11,14,19,23-26,29,31-32,35,41,45,58H,4,7-9,12-13,15-18,20-22,27-28,30H2,1H3,(H,51,52)(H,53,57)/t32-,41-,45-,49-/m1/s1. The summed E-state index contributed by atoms with van der Waals surface area (Å²) in [7, 11) is -4.64. The Morgan fingerprint density at radius 3 is 2.52 bits per heavy atom. The fourth-order valence-electron chi connectivity index (χ4n) is 11.6. The number of benzene rings is 3. The molecular formula is C50H56N6O8S2. The van der Waals surface area contributed by atoms with Crippen molar-refractivity contribution >= 4 is 50.1 Å². The number of nitrogens with zero attached hydrogens (tertiary/aromatic N) is 4. The third kappa shape index (κ3) is 8.43. The van der Waals surface area contributed by atoms with Gasteiger partial charge in [0.1, 0.15) is 34.4 Å². The average molecular weight is 933 g/mol. The van der Waals surface area contributed by atoms with E-state index in [1.807, 2.05) is 19.1 Å². The van der Waals surface area contributed by atoms with Gasteiger partial charge in [-0.2, -0.15) is 0 Å². The maximum absolute atomic E-state index is 14.1. The number of aromatic nitrogens is 2. The zero-order valence-corrected chi connectivity index (χ0v) is 38.7. The number of nitrogens with one attached hydrogen (secondary N) is 2. The van der Waals surface area contributed by atoms with Gasteiger partial charge in [-0.25, -0.2) is 18.1 Å². The average Bonchev–Trinajstić information content (AvgIpc) is 3.84. The topological polar surface area (TPSA) is 180 Å². The van der Waals surface area contributed by atoms with Crippen molar-refractivity contribution in [2.75, 3.05) is 31.1 Å². The van der Waals surface area contributed by atoms with Crippen LogP contribution in [0.3, 0.4) is 0 Å². The van der Waals surface area contributed by atoms with Gasteiger partial charge < -0.3 is 24.5 Å². The maximum Gasteiger partial charge on any atom is 0.288 e. The summed E-state index contributed by atoms with van der Waals surface area (Å²) in [6.45, 7) is 4.92. The van der Waals surface area contributed by atoms with Crippen molar-refractivity contribution in [2.45, 2.75) is 123 Å². The number of pyridine rings is 1. The van der Waals surface area contributed by atoms with Crippen LogP contribution in [0.15, 0.2) is 88.9 Å². The summed E-state index contributed by atoms with van der Waals surface area (Å²) < 4.78 is 42.5. The Balaban J connectivity index is 0.801. The number of rotatable bonds is 11. The first kappa shape index (κ1) is 43.4. The molecule has 3 aliphatic heterocycles. The molecule has 2 saturated heterocycles. The Labute approximate surface area is 389 Å². The summed E-state index contributed by atoms with van der Waals surface area (Å²) in [5, 5.41) is 23.6. The molecule has 1 amide bonds. The van der Waals surface area contributed by atoms with E-state index >= 15 is 0 Å². The van der Waals surface area contributed by atoms with Crippen LogP contribution in [-0.4, -0.2) is 82.4 Å². The van der Waals surface area contributed by atoms with Crippen LogP contribution in [0, 0.1) is 21.4 Å². The summed E-state index contributed by atoms with van der Waals surface area (Å²) in [4.78, 5) is 38.4. The zero-order valence-electron chi connectivity index (χ0n) is 37.1. The molecule has 5 heterocycles. The van der Waals surface area contributed by atoms with Crippen LogP contribution in [0.2, 0.25) is 0 Å². The number of piperidine rings is 1. The third-order valence-corrected chi connectivity index (χ3v) is 18.3. The van der Waals surface area contributed by atoms with E-state index < -0.39 is 37.0 Å². The molecule has 66 heavy (non-hydrogen) atoms. The number of hydrogen-bond donors (Lipinski definition) is 3. The van der Waals surface area contributed by atoms with Gasteiger partial charge in [-0.3, -0.25) is 19.8 Å². The number of sulfonamides is 1. The minimum absolute atomic E-state index is 0.0243. The third-order valence-electron chi connectivity index (χ3n) is 15.5. The molecule has 1 spiro atoms. The molecule has 0 bridgehead atoms. The van der Waals surface area contributed by atoms with Crippen molar-refractivity contribution in [3.8, 4) is 17.2 Å². The summed E-state index contributed by atoms with van der Waals surface area (Å²) in [5.41, 5.74) is 3.81. The van der Waals surface area contributed by atoms with E-state index in [-0.39, 0.29) is 39.7 Å². The number of carbonyl (C=O) groups is 1. The van der Waals surface area contributed by atoms with Crippen molar-refractivity contribution in [1.29, 1.82) is 0 Å². The molecule has 16 heteroatoms. The van der Waals surface area contributed by atoms with Crippen LogP contribution in [0.25, 0.3) is 11.0 Å². The molecule has 5 fully saturated rings. The number of amides is 1. The second kappa shape index (κ2) is 16.9. The summed E-state index contributed by atoms with van der Waals surface area (Å²) in [6, 6.07) is 21.4. The lowest BCUT2D eigenvalue weighted by Gasteiger charge is -2.56. The van der Waals surface area contributed by atoms with Gasteiger partial charge in [-0.1, -0.05) is 24.3 Å². The Hall–Kier alpha value is -5.16. The lowest BCUT2D eigenvalue weighted by molar-refractivity contribution is -0.388. The van der Waals surface area contributed by atoms with Crippen molar-refractivity contribution in [3.63, 3.8) is 0 Å². The minimum atomic E-state index is -4.64. The summed E-state index contributed by atoms with van der Waals surface area (Å²) in [5.74, 6) is 0.576. The normalized spacial score (nSPS) is 25.5. The highest BCUT2D eigenvalue weighted by Gasteiger charge is 2.50. The molecule has 0 unspecified atom stereocenters. The number of aromatic amines is 1. The van der Waals surface area contributed by atoms with Crippen LogP contribution in [0.1, 0.15) is 117 Å². The number of carbonyl (C=O) groups excluding carboxylic acids is 1. The first-order valence-corrected chi connectivity index (χ1v) is 25.9. The number of likely N-dealkylation sites (tertiary alicyclic amines) is 1. The fraction of sp³-hybridized carbons (Fsp3) is 0.480. The summed E-state index contributed by atoms with van der Waals surface area (Å²) in [6.07, 6.45) is 15.7. The highest BCUT2D eigenvalue weighted by Crippen LogP contribution is 2.55. The van der Waals surface area contributed by atoms with Crippen LogP contribution >= 0.6 is 11.8 Å². The van der Waals surface area contributed by atoms with Gasteiger partial charge in [-0.15, -0.1) is 11.8 Å². The Morgan fingerprint density at radius 1 is 0.985 bits per heavy atom. The number of H-pyrrole nitrogens is 1. The first-order chi connectivity index (χ1) is 31.8. The maximum atomic E-state index is 14.1. The largest absolute Gasteiger partial charge is 0.491 e. The number of thioether (sulfide) groups is 1. The van der Waals surface area contributed by atoms with E-state index in [1.54, 1.807) is 41.7 Å². The van der Waals surface area contributed by atoms with Gasteiger partial charge in [0.2, 0.25) is 0 Å². The molecule has 346 valence electrons. The monoisotopic (exact) mass is 932 g/mol. The first-order valence-electron chi connectivity index (χ1n) is 23.6. The number of ether oxygens (including phenoxy) is 2. The predicted octanol–water partition coefficient (Wildman–Crippen LogP) is 9.64. The smallest absolute Gasteiger partial charge is 0.288 e. The van der Waals surface area contributed by atoms with E-state index in [2.05, 4.69) is 48.8 Å². The Bertz CT molecular complexity index is 2800. The summed E-state index contributed by atoms with van der Waals surface area (Å²) >= 11 is 1.32. The van der Waals surface area contributed by atoms with Crippen LogP contribution in [-0.2, 0) is 10.0 Å². The van der Waals surface area contributed by atoms with Crippen molar-refractivity contribution < 1.29 is 32.7 Å². The van der Waals surface area contributed by atoms with Crippen LogP contribution in [0.4, 0.5) is 11.4 Å². The second-order valence-corrected chi connectivity index (χ2v) is 22.9. The number of anilines is 1. The predicted molar refractivity (Wildman–Crippen MR) is 252 cm³/mol. The number of nitro benzene ring substituents is 1. The van der Waals surface area contributed by atoms with E-state index in [1.165, 1.54) is 62.9 Å². The lowest BCUT2D eigenvalue weighted by atomic mass is 9.59. The van der Waals surface area contributed by atoms with Crippen LogP contribution in [0.5, 0.6) is 17.2 Å². The Kier molecular flexibility index (Phi) is 11.1. The number of aliphatic hydroxyl groups is 1. The molecule has 11 rings (SSSR count). The molecule has 3 N–H and O–H groups in total. The van der Waals surface area contributed by atoms with Gasteiger partial charge in [-0.05, 0) is 143 Å². The molecule has 5 aromatic rings. The zero-order chi connectivity index (χ0) is 45.4. The van der Waals surface area contributed by atoms with E-state index in [9.17, 15) is 28.4 Å². The van der Waals surface area contributed by atoms with Gasteiger partial charge in [0.05, 0.1) is 27.2 Å². The number of nitro groups is 1. The van der Waals surface area contributed by atoms with E-state index in [4.69, 9.17) is 9.47 Å². The van der Waals surface area contributed by atoms with Crippen LogP contribution < -0.4 is 19.1 Å². The fourth-order valence-corrected chi connectivity index (χ4v) is 14.0. The number of fused-ring (bicyclic) bond motifs is 2. The van der Waals surface area contributed by atoms with E-state index in [0.29, 0.717) is 41.7 Å². The molecule has 2 atom stereocenters. The number of hydrogen-bond acceptors (Lipinski definition) is 12. The van der Waals surface area contributed by atoms with E-state index in [0.717, 1.165) is 61.8 Å². The SMILES string of the molecule is C[C@]1(O)CC[C@H]([C@H]2COc3cc(S(=O)(=O)NC(=O)c4ccc(N5CCC6(CC5)CC(N5CCC[C@@H]5c5ccccc5C5CC5)C6)cc4Oc4cnc5[nH]ccc5c4)cc([N+](=O)[O-])c3S2)CC1. The molecule has 0 radical (unpaired) electrons. The van der Waals surface area contributed by atoms with Gasteiger partial charge in [0, 0.05) is 65.9 Å². The van der Waals surface area contributed by atoms with Gasteiger partial charge in [0.25, 0.3) is 21.6 Å². The van der Waals surface area contributed by atoms with Gasteiger partial charge >= 0.3 is 0 Å². The second-order valence-electron chi connectivity index (χ2n) is 20.0. The highest BCUT2D eigenvalue weighted by molar-refractivity contribution is 8.00. The molecule has 6 aliphatic rings. The molecule has 14 nitrogen and oxygen atoms in total. The lowest BCUT2D eigenvalue weighted by Crippen LogP contribution is -2.54. The molecule has 3 aromatic carbocycles. The van der Waals surface area contributed by atoms with Crippen molar-refractivity contribution in [1.82, 2.24) is 19.6 Å². The molecule has 3 saturated carbocycles. The molecule has 2 aromatic heterocycles.